The first kappa shape index (κ1) is 8.09. The van der Waals surface area contributed by atoms with Crippen LogP contribution in [0.3, 0.4) is 0 Å². The highest BCUT2D eigenvalue weighted by molar-refractivity contribution is 5.79. The van der Waals surface area contributed by atoms with Crippen LogP contribution in [0.15, 0.2) is 0 Å². The Kier molecular flexibility index (Phi) is 1.85. The highest BCUT2D eigenvalue weighted by Crippen LogP contribution is 2.37. The fourth-order valence-corrected chi connectivity index (χ4v) is 2.75. The third-order valence-electron chi connectivity index (χ3n) is 3.43. The largest absolute Gasteiger partial charge is 0.339 e. The van der Waals surface area contributed by atoms with Crippen LogP contribution in [0.4, 0.5) is 0 Å². The van der Waals surface area contributed by atoms with Gasteiger partial charge in [0.05, 0.1) is 0 Å². The zero-order valence-electron chi connectivity index (χ0n) is 7.92. The summed E-state index contributed by atoms with van der Waals surface area (Å²) in [6, 6.07) is 0.595. The van der Waals surface area contributed by atoms with Gasteiger partial charge >= 0.3 is 0 Å². The van der Waals surface area contributed by atoms with Crippen molar-refractivity contribution in [3.05, 3.63) is 0 Å². The second kappa shape index (κ2) is 2.75. The standard InChI is InChI=1S/C10H17NO/c1-7(2)8-5-6-11-9(8)3-4-10(11)12/h7-9H,3-6H2,1-2H3/t8?,9-/m0/s1. The minimum Gasteiger partial charge on any atom is -0.339 e. The van der Waals surface area contributed by atoms with Gasteiger partial charge in [-0.15, -0.1) is 0 Å². The molecule has 2 aliphatic rings. The van der Waals surface area contributed by atoms with Gasteiger partial charge < -0.3 is 4.90 Å². The van der Waals surface area contributed by atoms with E-state index in [-0.39, 0.29) is 0 Å². The van der Waals surface area contributed by atoms with Crippen LogP contribution in [0.25, 0.3) is 0 Å². The molecule has 0 aromatic rings. The summed E-state index contributed by atoms with van der Waals surface area (Å²) < 4.78 is 0. The first-order valence-electron chi connectivity index (χ1n) is 4.99. The van der Waals surface area contributed by atoms with Gasteiger partial charge in [-0.25, -0.2) is 0 Å². The molecule has 12 heavy (non-hydrogen) atoms. The smallest absolute Gasteiger partial charge is 0.222 e. The molecule has 0 aliphatic carbocycles. The van der Waals surface area contributed by atoms with E-state index in [0.29, 0.717) is 11.9 Å². The van der Waals surface area contributed by atoms with Crippen LogP contribution in [-0.4, -0.2) is 23.4 Å². The second-order valence-corrected chi connectivity index (χ2v) is 4.39. The Morgan fingerprint density at radius 2 is 2.17 bits per heavy atom. The van der Waals surface area contributed by atoms with Crippen LogP contribution in [0.2, 0.25) is 0 Å². The number of carbonyl (C=O) groups excluding carboxylic acids is 1. The summed E-state index contributed by atoms with van der Waals surface area (Å²) in [5.41, 5.74) is 0. The molecule has 68 valence electrons. The van der Waals surface area contributed by atoms with Crippen molar-refractivity contribution in [3.8, 4) is 0 Å². The van der Waals surface area contributed by atoms with E-state index in [1.54, 1.807) is 0 Å². The summed E-state index contributed by atoms with van der Waals surface area (Å²) in [4.78, 5) is 13.5. The van der Waals surface area contributed by atoms with Crippen LogP contribution in [0.5, 0.6) is 0 Å². The lowest BCUT2D eigenvalue weighted by Gasteiger charge is -2.22. The van der Waals surface area contributed by atoms with Crippen molar-refractivity contribution in [2.45, 2.75) is 39.2 Å². The van der Waals surface area contributed by atoms with Gasteiger partial charge in [-0.2, -0.15) is 0 Å². The van der Waals surface area contributed by atoms with E-state index in [4.69, 9.17) is 0 Å². The third kappa shape index (κ3) is 1.05. The first-order chi connectivity index (χ1) is 5.70. The zero-order valence-corrected chi connectivity index (χ0v) is 7.92. The van der Waals surface area contributed by atoms with E-state index in [1.165, 1.54) is 6.42 Å². The normalized spacial score (nSPS) is 34.9. The molecule has 0 aromatic heterocycles. The maximum absolute atomic E-state index is 11.3. The maximum Gasteiger partial charge on any atom is 0.222 e. The van der Waals surface area contributed by atoms with E-state index in [9.17, 15) is 4.79 Å². The molecule has 2 rings (SSSR count). The summed E-state index contributed by atoms with van der Waals surface area (Å²) in [7, 11) is 0. The van der Waals surface area contributed by atoms with Gasteiger partial charge in [-0.05, 0) is 24.7 Å². The van der Waals surface area contributed by atoms with E-state index >= 15 is 0 Å². The lowest BCUT2D eigenvalue weighted by atomic mass is 9.88. The van der Waals surface area contributed by atoms with Gasteiger partial charge in [0.2, 0.25) is 5.91 Å². The topological polar surface area (TPSA) is 20.3 Å². The van der Waals surface area contributed by atoms with Crippen molar-refractivity contribution in [1.29, 1.82) is 0 Å². The Morgan fingerprint density at radius 1 is 1.42 bits per heavy atom. The highest BCUT2D eigenvalue weighted by Gasteiger charge is 2.42. The Labute approximate surface area is 73.9 Å². The van der Waals surface area contributed by atoms with E-state index < -0.39 is 0 Å². The minimum atomic E-state index is 0.392. The van der Waals surface area contributed by atoms with Crippen molar-refractivity contribution in [3.63, 3.8) is 0 Å². The molecule has 2 heteroatoms. The molecular formula is C10H17NO. The van der Waals surface area contributed by atoms with E-state index in [2.05, 4.69) is 18.7 Å². The van der Waals surface area contributed by atoms with Crippen LogP contribution >= 0.6 is 0 Å². The molecule has 0 saturated carbocycles. The van der Waals surface area contributed by atoms with Crippen molar-refractivity contribution in [2.75, 3.05) is 6.54 Å². The number of nitrogens with zero attached hydrogens (tertiary/aromatic N) is 1. The summed E-state index contributed by atoms with van der Waals surface area (Å²) >= 11 is 0. The molecule has 0 aromatic carbocycles. The fourth-order valence-electron chi connectivity index (χ4n) is 2.75. The molecule has 2 atom stereocenters. The van der Waals surface area contributed by atoms with Crippen molar-refractivity contribution in [2.24, 2.45) is 11.8 Å². The SMILES string of the molecule is CC(C)C1CCN2C(=O)CC[C@@H]12. The molecule has 2 aliphatic heterocycles. The molecule has 0 radical (unpaired) electrons. The number of fused-ring (bicyclic) bond motifs is 1. The van der Waals surface area contributed by atoms with Gasteiger partial charge in [-0.1, -0.05) is 13.8 Å². The van der Waals surface area contributed by atoms with E-state index in [0.717, 1.165) is 31.2 Å². The van der Waals surface area contributed by atoms with Crippen LogP contribution in [0.1, 0.15) is 33.1 Å². The predicted molar refractivity (Wildman–Crippen MR) is 47.7 cm³/mol. The van der Waals surface area contributed by atoms with Crippen molar-refractivity contribution in [1.82, 2.24) is 4.90 Å². The molecule has 0 spiro atoms. The molecule has 2 fully saturated rings. The number of hydrogen-bond acceptors (Lipinski definition) is 1. The molecule has 1 amide bonds. The third-order valence-corrected chi connectivity index (χ3v) is 3.43. The van der Waals surface area contributed by atoms with Gasteiger partial charge in [0, 0.05) is 19.0 Å². The predicted octanol–water partition coefficient (Wildman–Crippen LogP) is 1.65. The Bertz CT molecular complexity index is 200. The quantitative estimate of drug-likeness (QED) is 0.581. The monoisotopic (exact) mass is 167 g/mol. The van der Waals surface area contributed by atoms with Crippen molar-refractivity contribution >= 4 is 5.91 Å². The van der Waals surface area contributed by atoms with E-state index in [1.807, 2.05) is 0 Å². The minimum absolute atomic E-state index is 0.392. The lowest BCUT2D eigenvalue weighted by molar-refractivity contribution is -0.128. The summed E-state index contributed by atoms with van der Waals surface area (Å²) in [6.07, 6.45) is 3.14. The van der Waals surface area contributed by atoms with Gasteiger partial charge in [0.15, 0.2) is 0 Å². The first-order valence-corrected chi connectivity index (χ1v) is 4.99. The zero-order chi connectivity index (χ0) is 8.72. The van der Waals surface area contributed by atoms with Gasteiger partial charge in [0.25, 0.3) is 0 Å². The average Bonchev–Trinajstić information content (AvgIpc) is 2.53. The van der Waals surface area contributed by atoms with Crippen LogP contribution in [-0.2, 0) is 4.79 Å². The number of amides is 1. The molecular weight excluding hydrogens is 150 g/mol. The second-order valence-electron chi connectivity index (χ2n) is 4.39. The maximum atomic E-state index is 11.3. The van der Waals surface area contributed by atoms with Crippen LogP contribution < -0.4 is 0 Å². The fraction of sp³-hybridized carbons (Fsp3) is 0.900. The summed E-state index contributed by atoms with van der Waals surface area (Å²) in [6.45, 7) is 5.57. The molecule has 1 unspecified atom stereocenters. The molecule has 2 nitrogen and oxygen atoms in total. The highest BCUT2D eigenvalue weighted by atomic mass is 16.2. The van der Waals surface area contributed by atoms with Gasteiger partial charge in [-0.3, -0.25) is 4.79 Å². The molecule has 2 heterocycles. The Hall–Kier alpha value is -0.530. The Balaban J connectivity index is 2.10. The molecule has 0 bridgehead atoms. The number of rotatable bonds is 1. The number of carbonyl (C=O) groups is 1. The number of hydrogen-bond donors (Lipinski definition) is 0. The van der Waals surface area contributed by atoms with Crippen LogP contribution in [0, 0.1) is 11.8 Å². The summed E-state index contributed by atoms with van der Waals surface area (Å²) in [5, 5.41) is 0. The molecule has 2 saturated heterocycles. The average molecular weight is 167 g/mol. The lowest BCUT2D eigenvalue weighted by Crippen LogP contribution is -2.30. The van der Waals surface area contributed by atoms with Crippen molar-refractivity contribution < 1.29 is 4.79 Å². The molecule has 0 N–H and O–H groups in total. The Morgan fingerprint density at radius 3 is 2.83 bits per heavy atom. The van der Waals surface area contributed by atoms with Gasteiger partial charge in [0.1, 0.15) is 0 Å². The summed E-state index contributed by atoms with van der Waals surface area (Å²) in [5.74, 6) is 1.91.